The highest BCUT2D eigenvalue weighted by Crippen LogP contribution is 2.25. The molecule has 0 aliphatic carbocycles. The molecule has 0 radical (unpaired) electrons. The zero-order valence-corrected chi connectivity index (χ0v) is 10.3. The highest BCUT2D eigenvalue weighted by Gasteiger charge is 2.23. The summed E-state index contributed by atoms with van der Waals surface area (Å²) in [5, 5.41) is 5.26. The minimum Gasteiger partial charge on any atom is -0.355 e. The summed E-state index contributed by atoms with van der Waals surface area (Å²) in [5.41, 5.74) is 0.942. The van der Waals surface area contributed by atoms with Crippen molar-refractivity contribution in [3.63, 3.8) is 0 Å². The Morgan fingerprint density at radius 1 is 1.07 bits per heavy atom. The van der Waals surface area contributed by atoms with E-state index in [0.29, 0.717) is 11.3 Å². The summed E-state index contributed by atoms with van der Waals surface area (Å²) in [6.07, 6.45) is 0. The van der Waals surface area contributed by atoms with Crippen molar-refractivity contribution in [2.24, 2.45) is 5.41 Å². The van der Waals surface area contributed by atoms with Crippen LogP contribution >= 0.6 is 0 Å². The normalized spacial score (nSPS) is 12.9. The largest absolute Gasteiger partial charge is 0.355 e. The highest BCUT2D eigenvalue weighted by molar-refractivity contribution is 5.94. The fraction of sp³-hybridized carbons (Fsp3) is 0.636. The van der Waals surface area contributed by atoms with Gasteiger partial charge in [-0.3, -0.25) is 9.59 Å². The summed E-state index contributed by atoms with van der Waals surface area (Å²) < 4.78 is 0. The maximum absolute atomic E-state index is 11.5. The van der Waals surface area contributed by atoms with Crippen LogP contribution in [0.5, 0.6) is 0 Å². The predicted molar refractivity (Wildman–Crippen MR) is 60.0 cm³/mol. The molecule has 15 heavy (non-hydrogen) atoms. The molecule has 0 heterocycles. The van der Waals surface area contributed by atoms with Gasteiger partial charge in [0.25, 0.3) is 0 Å². The molecule has 0 aliphatic rings. The van der Waals surface area contributed by atoms with Gasteiger partial charge in [0.15, 0.2) is 0 Å². The molecule has 0 spiro atoms. The van der Waals surface area contributed by atoms with Crippen molar-refractivity contribution in [1.82, 2.24) is 10.6 Å². The third kappa shape index (κ3) is 4.14. The number of amides is 2. The van der Waals surface area contributed by atoms with E-state index in [1.54, 1.807) is 14.0 Å². The average molecular weight is 212 g/mol. The van der Waals surface area contributed by atoms with Crippen LogP contribution in [0.15, 0.2) is 11.3 Å². The minimum atomic E-state index is -0.262. The first-order valence-corrected chi connectivity index (χ1v) is 4.91. The molecule has 0 aromatic carbocycles. The first-order chi connectivity index (χ1) is 6.70. The lowest BCUT2D eigenvalue weighted by Crippen LogP contribution is -2.33. The van der Waals surface area contributed by atoms with E-state index in [9.17, 15) is 9.59 Å². The van der Waals surface area contributed by atoms with Crippen LogP contribution in [-0.2, 0) is 9.59 Å². The average Bonchev–Trinajstić information content (AvgIpc) is 2.09. The molecule has 0 fully saturated rings. The number of hydrogen-bond donors (Lipinski definition) is 2. The fourth-order valence-electron chi connectivity index (χ4n) is 1.32. The third-order valence-corrected chi connectivity index (χ3v) is 1.99. The van der Waals surface area contributed by atoms with Gasteiger partial charge in [0.2, 0.25) is 11.8 Å². The molecule has 0 bridgehead atoms. The second-order valence-electron chi connectivity index (χ2n) is 4.51. The number of carbonyl (C=O) groups excluding carboxylic acids is 2. The zero-order chi connectivity index (χ0) is 12.2. The molecule has 2 N–H and O–H groups in total. The van der Waals surface area contributed by atoms with E-state index in [4.69, 9.17) is 0 Å². The van der Waals surface area contributed by atoms with Crippen LogP contribution in [0.4, 0.5) is 0 Å². The number of likely N-dealkylation sites (N-methyl/N-ethyl adjacent to an activating group) is 1. The number of rotatable bonds is 2. The lowest BCUT2D eigenvalue weighted by Gasteiger charge is -2.25. The van der Waals surface area contributed by atoms with Crippen LogP contribution in [-0.4, -0.2) is 18.9 Å². The van der Waals surface area contributed by atoms with E-state index >= 15 is 0 Å². The van der Waals surface area contributed by atoms with E-state index in [-0.39, 0.29) is 17.2 Å². The summed E-state index contributed by atoms with van der Waals surface area (Å²) >= 11 is 0. The molecule has 0 aromatic heterocycles. The van der Waals surface area contributed by atoms with Gasteiger partial charge in [-0.2, -0.15) is 0 Å². The molecular formula is C11H20N2O2. The lowest BCUT2D eigenvalue weighted by molar-refractivity contribution is -0.118. The summed E-state index contributed by atoms with van der Waals surface area (Å²) in [5.74, 6) is -0.336. The molecule has 4 nitrogen and oxygen atoms in total. The van der Waals surface area contributed by atoms with Crippen LogP contribution in [0.2, 0.25) is 0 Å². The van der Waals surface area contributed by atoms with Gasteiger partial charge in [-0.15, -0.1) is 0 Å². The number of hydrogen-bond acceptors (Lipinski definition) is 2. The molecule has 2 amide bonds. The van der Waals surface area contributed by atoms with Gasteiger partial charge >= 0.3 is 0 Å². The zero-order valence-electron chi connectivity index (χ0n) is 10.3. The third-order valence-electron chi connectivity index (χ3n) is 1.99. The Labute approximate surface area is 91.1 Å². The van der Waals surface area contributed by atoms with Crippen LogP contribution < -0.4 is 10.6 Å². The smallest absolute Gasteiger partial charge is 0.248 e. The van der Waals surface area contributed by atoms with E-state index in [0.717, 1.165) is 0 Å². The molecule has 0 unspecified atom stereocenters. The second-order valence-corrected chi connectivity index (χ2v) is 4.51. The van der Waals surface area contributed by atoms with Gasteiger partial charge in [-0.1, -0.05) is 20.8 Å². The van der Waals surface area contributed by atoms with Gasteiger partial charge in [0.05, 0.1) is 0 Å². The minimum absolute atomic E-state index is 0.164. The van der Waals surface area contributed by atoms with Crippen molar-refractivity contribution in [1.29, 1.82) is 0 Å². The van der Waals surface area contributed by atoms with E-state index in [1.807, 2.05) is 20.8 Å². The van der Waals surface area contributed by atoms with Gasteiger partial charge in [-0.05, 0) is 6.92 Å². The Morgan fingerprint density at radius 3 is 1.80 bits per heavy atom. The Kier molecular flexibility index (Phi) is 4.52. The maximum atomic E-state index is 11.5. The summed E-state index contributed by atoms with van der Waals surface area (Å²) in [4.78, 5) is 22.5. The van der Waals surface area contributed by atoms with Crippen LogP contribution in [0.3, 0.4) is 0 Å². The summed E-state index contributed by atoms with van der Waals surface area (Å²) in [6.45, 7) is 8.98. The van der Waals surface area contributed by atoms with Crippen molar-refractivity contribution >= 4 is 11.8 Å². The van der Waals surface area contributed by atoms with Gasteiger partial charge in [0.1, 0.15) is 0 Å². The number of allylic oxidation sites excluding steroid dienone is 1. The van der Waals surface area contributed by atoms with Gasteiger partial charge in [0, 0.05) is 30.7 Å². The van der Waals surface area contributed by atoms with Crippen LogP contribution in [0.25, 0.3) is 0 Å². The van der Waals surface area contributed by atoms with E-state index < -0.39 is 0 Å². The maximum Gasteiger partial charge on any atom is 0.248 e. The molecule has 0 atom stereocenters. The summed E-state index contributed by atoms with van der Waals surface area (Å²) in [7, 11) is 1.57. The fourth-order valence-corrected chi connectivity index (χ4v) is 1.32. The van der Waals surface area contributed by atoms with Crippen LogP contribution in [0.1, 0.15) is 34.6 Å². The topological polar surface area (TPSA) is 58.2 Å². The Balaban J connectivity index is 5.25. The standard InChI is InChI=1S/C11H20N2O2/c1-7(10(15)12-6)9(11(3,4)5)13-8(2)14/h1-6H3,(H,12,15)(H,13,14). The molecule has 86 valence electrons. The first-order valence-electron chi connectivity index (χ1n) is 4.91. The van der Waals surface area contributed by atoms with Crippen LogP contribution in [0, 0.1) is 5.41 Å². The Bertz CT molecular complexity index is 298. The quantitative estimate of drug-likeness (QED) is 0.675. The van der Waals surface area contributed by atoms with Crippen molar-refractivity contribution in [2.75, 3.05) is 7.05 Å². The lowest BCUT2D eigenvalue weighted by atomic mass is 9.88. The Morgan fingerprint density at radius 2 is 1.53 bits per heavy atom. The molecular weight excluding hydrogens is 192 g/mol. The van der Waals surface area contributed by atoms with Crippen molar-refractivity contribution in [3.05, 3.63) is 11.3 Å². The SMILES string of the molecule is CNC(=O)C(C)=C(NC(C)=O)C(C)(C)C. The van der Waals surface area contributed by atoms with E-state index in [2.05, 4.69) is 10.6 Å². The van der Waals surface area contributed by atoms with Crippen molar-refractivity contribution < 1.29 is 9.59 Å². The monoisotopic (exact) mass is 212 g/mol. The molecule has 0 aliphatic heterocycles. The first kappa shape index (κ1) is 13.7. The predicted octanol–water partition coefficient (Wildman–Crippen LogP) is 1.19. The van der Waals surface area contributed by atoms with Gasteiger partial charge < -0.3 is 10.6 Å². The molecule has 0 rings (SSSR count). The number of carbonyl (C=O) groups is 2. The molecule has 0 saturated heterocycles. The molecule has 4 heteroatoms. The number of nitrogens with one attached hydrogen (secondary N) is 2. The Hall–Kier alpha value is -1.32. The second kappa shape index (κ2) is 4.96. The van der Waals surface area contributed by atoms with Crippen molar-refractivity contribution in [3.8, 4) is 0 Å². The van der Waals surface area contributed by atoms with E-state index in [1.165, 1.54) is 6.92 Å². The van der Waals surface area contributed by atoms with Crippen molar-refractivity contribution in [2.45, 2.75) is 34.6 Å². The van der Waals surface area contributed by atoms with Gasteiger partial charge in [-0.25, -0.2) is 0 Å². The molecule has 0 saturated carbocycles. The molecule has 0 aromatic rings. The summed E-state index contributed by atoms with van der Waals surface area (Å²) in [6, 6.07) is 0. The highest BCUT2D eigenvalue weighted by atomic mass is 16.2.